The van der Waals surface area contributed by atoms with Crippen LogP contribution in [0.3, 0.4) is 0 Å². The van der Waals surface area contributed by atoms with Crippen molar-refractivity contribution >= 4 is 23.0 Å². The Morgan fingerprint density at radius 1 is 1.19 bits per heavy atom. The van der Waals surface area contributed by atoms with Crippen LogP contribution in [0.2, 0.25) is 0 Å². The molecule has 0 spiro atoms. The molecule has 7 heteroatoms. The lowest BCUT2D eigenvalue weighted by atomic mass is 9.95. The average Bonchev–Trinajstić information content (AvgIpc) is 2.96. The summed E-state index contributed by atoms with van der Waals surface area (Å²) in [5, 5.41) is 3.09. The predicted octanol–water partition coefficient (Wildman–Crippen LogP) is 3.78. The van der Waals surface area contributed by atoms with Crippen LogP contribution in [0.25, 0.3) is 11.0 Å². The number of ether oxygens (including phenoxy) is 1. The van der Waals surface area contributed by atoms with Crippen LogP contribution in [0.5, 0.6) is 0 Å². The fourth-order valence-electron chi connectivity index (χ4n) is 3.39. The number of methoxy groups -OCH3 is 1. The molecule has 1 aliphatic heterocycles. The predicted molar refractivity (Wildman–Crippen MR) is 92.6 cm³/mol. The van der Waals surface area contributed by atoms with Crippen LogP contribution in [0.1, 0.15) is 18.5 Å². The Kier molecular flexibility index (Phi) is 3.72. The van der Waals surface area contributed by atoms with E-state index in [1.54, 1.807) is 11.5 Å². The summed E-state index contributed by atoms with van der Waals surface area (Å²) >= 11 is 0. The molecule has 26 heavy (non-hydrogen) atoms. The third kappa shape index (κ3) is 2.44. The van der Waals surface area contributed by atoms with Crippen molar-refractivity contribution < 1.29 is 18.3 Å². The fraction of sp³-hybridized carbons (Fsp3) is 0.158. The van der Waals surface area contributed by atoms with E-state index < -0.39 is 23.6 Å². The second kappa shape index (κ2) is 5.94. The molecule has 1 aliphatic rings. The lowest BCUT2D eigenvalue weighted by Crippen LogP contribution is -2.28. The summed E-state index contributed by atoms with van der Waals surface area (Å²) < 4.78 is 34.5. The average molecular weight is 355 g/mol. The van der Waals surface area contributed by atoms with Gasteiger partial charge in [0.1, 0.15) is 11.6 Å². The Balaban J connectivity index is 2.04. The highest BCUT2D eigenvalue weighted by molar-refractivity contribution is 5.94. The van der Waals surface area contributed by atoms with Crippen LogP contribution in [0.4, 0.5) is 14.7 Å². The van der Waals surface area contributed by atoms with Gasteiger partial charge in [-0.25, -0.2) is 18.6 Å². The van der Waals surface area contributed by atoms with Crippen molar-refractivity contribution in [2.45, 2.75) is 13.0 Å². The minimum atomic E-state index is -0.767. The van der Waals surface area contributed by atoms with Crippen molar-refractivity contribution in [2.24, 2.45) is 0 Å². The van der Waals surface area contributed by atoms with Gasteiger partial charge in [-0.05, 0) is 36.8 Å². The van der Waals surface area contributed by atoms with Crippen LogP contribution in [-0.2, 0) is 9.53 Å². The standard InChI is InChI=1S/C19H15F2N3O2/c1-10-16(18(25)26-2)17(11-7-12(20)9-13(21)8-11)24-15-6-4-3-5-14(15)23-19(24)22-10/h3-9,17H,1-2H3,(H,22,23)/t17-/m0/s1. The molecule has 0 bridgehead atoms. The van der Waals surface area contributed by atoms with Gasteiger partial charge in [0.05, 0.1) is 29.8 Å². The molecule has 3 aromatic rings. The van der Waals surface area contributed by atoms with Gasteiger partial charge in [-0.15, -0.1) is 0 Å². The number of nitrogens with one attached hydrogen (secondary N) is 1. The summed E-state index contributed by atoms with van der Waals surface area (Å²) in [5.74, 6) is -1.52. The molecule has 1 atom stereocenters. The van der Waals surface area contributed by atoms with E-state index in [0.29, 0.717) is 22.7 Å². The van der Waals surface area contributed by atoms with E-state index in [9.17, 15) is 13.6 Å². The van der Waals surface area contributed by atoms with Gasteiger partial charge in [0, 0.05) is 11.8 Å². The number of rotatable bonds is 2. The molecule has 0 saturated heterocycles. The topological polar surface area (TPSA) is 56.1 Å². The molecule has 2 heterocycles. The number of para-hydroxylation sites is 2. The highest BCUT2D eigenvalue weighted by Crippen LogP contribution is 2.39. The zero-order chi connectivity index (χ0) is 18.4. The highest BCUT2D eigenvalue weighted by Gasteiger charge is 2.35. The lowest BCUT2D eigenvalue weighted by Gasteiger charge is -2.30. The Morgan fingerprint density at radius 2 is 1.88 bits per heavy atom. The summed E-state index contributed by atoms with van der Waals surface area (Å²) in [7, 11) is 1.27. The first kappa shape index (κ1) is 16.3. The van der Waals surface area contributed by atoms with Gasteiger partial charge in [-0.3, -0.25) is 4.57 Å². The summed E-state index contributed by atoms with van der Waals surface area (Å²) in [5.41, 5.74) is 2.53. The summed E-state index contributed by atoms with van der Waals surface area (Å²) in [6.07, 6.45) is 0. The molecule has 2 aromatic carbocycles. The second-order valence-corrected chi connectivity index (χ2v) is 6.05. The smallest absolute Gasteiger partial charge is 0.337 e. The molecule has 0 amide bonds. The van der Waals surface area contributed by atoms with E-state index >= 15 is 0 Å². The van der Waals surface area contributed by atoms with Gasteiger partial charge in [0.2, 0.25) is 5.95 Å². The van der Waals surface area contributed by atoms with E-state index in [-0.39, 0.29) is 5.57 Å². The number of allylic oxidation sites excluding steroid dienone is 1. The molecule has 0 aliphatic carbocycles. The van der Waals surface area contributed by atoms with Gasteiger partial charge in [-0.2, -0.15) is 0 Å². The molecule has 4 rings (SSSR count). The Labute approximate surface area is 147 Å². The first-order valence-electron chi connectivity index (χ1n) is 7.98. The van der Waals surface area contributed by atoms with Gasteiger partial charge in [0.25, 0.3) is 0 Å². The number of carbonyl (C=O) groups is 1. The Hall–Kier alpha value is -3.22. The van der Waals surface area contributed by atoms with Crippen molar-refractivity contribution in [3.05, 3.63) is 70.9 Å². The van der Waals surface area contributed by atoms with Crippen molar-refractivity contribution in [3.63, 3.8) is 0 Å². The van der Waals surface area contributed by atoms with Gasteiger partial charge >= 0.3 is 5.97 Å². The SMILES string of the molecule is COC(=O)C1=C(C)Nc2nc3ccccc3n2[C@H]1c1cc(F)cc(F)c1. The first-order chi connectivity index (χ1) is 12.5. The van der Waals surface area contributed by atoms with Crippen molar-refractivity contribution in [3.8, 4) is 0 Å². The lowest BCUT2D eigenvalue weighted by molar-refractivity contribution is -0.136. The van der Waals surface area contributed by atoms with E-state index in [0.717, 1.165) is 11.6 Å². The number of carbonyl (C=O) groups excluding carboxylic acids is 1. The summed E-state index contributed by atoms with van der Waals surface area (Å²) in [6, 6.07) is 9.82. The second-order valence-electron chi connectivity index (χ2n) is 6.05. The molecule has 0 saturated carbocycles. The number of esters is 1. The molecule has 1 N–H and O–H groups in total. The molecular formula is C19H15F2N3O2. The van der Waals surface area contributed by atoms with E-state index in [4.69, 9.17) is 4.74 Å². The van der Waals surface area contributed by atoms with Crippen LogP contribution < -0.4 is 5.32 Å². The molecule has 0 unspecified atom stereocenters. The minimum absolute atomic E-state index is 0.271. The number of anilines is 1. The van der Waals surface area contributed by atoms with Crippen LogP contribution in [0, 0.1) is 11.6 Å². The zero-order valence-electron chi connectivity index (χ0n) is 14.1. The quantitative estimate of drug-likeness (QED) is 0.711. The van der Waals surface area contributed by atoms with E-state index in [2.05, 4.69) is 10.3 Å². The fourth-order valence-corrected chi connectivity index (χ4v) is 3.39. The molecule has 0 fully saturated rings. The van der Waals surface area contributed by atoms with Crippen LogP contribution in [-0.4, -0.2) is 22.6 Å². The van der Waals surface area contributed by atoms with Gasteiger partial charge in [0.15, 0.2) is 0 Å². The van der Waals surface area contributed by atoms with Crippen LogP contribution in [0.15, 0.2) is 53.7 Å². The zero-order valence-corrected chi connectivity index (χ0v) is 14.1. The molecule has 1 aromatic heterocycles. The first-order valence-corrected chi connectivity index (χ1v) is 7.98. The number of nitrogens with zero attached hydrogens (tertiary/aromatic N) is 2. The molecule has 5 nitrogen and oxygen atoms in total. The maximum absolute atomic E-state index is 13.9. The number of hydrogen-bond acceptors (Lipinski definition) is 4. The van der Waals surface area contributed by atoms with Crippen molar-refractivity contribution in [1.82, 2.24) is 9.55 Å². The Morgan fingerprint density at radius 3 is 2.58 bits per heavy atom. The minimum Gasteiger partial charge on any atom is -0.466 e. The normalized spacial score (nSPS) is 16.4. The maximum atomic E-state index is 13.9. The number of fused-ring (bicyclic) bond motifs is 3. The summed E-state index contributed by atoms with van der Waals surface area (Å²) in [6.45, 7) is 1.71. The number of benzene rings is 2. The number of aromatic nitrogens is 2. The highest BCUT2D eigenvalue weighted by atomic mass is 19.1. The third-order valence-corrected chi connectivity index (χ3v) is 4.44. The largest absolute Gasteiger partial charge is 0.466 e. The van der Waals surface area contributed by atoms with Gasteiger partial charge in [-0.1, -0.05) is 12.1 Å². The summed E-state index contributed by atoms with van der Waals surface area (Å²) in [4.78, 5) is 17.0. The monoisotopic (exact) mass is 355 g/mol. The molecule has 132 valence electrons. The Bertz CT molecular complexity index is 1050. The van der Waals surface area contributed by atoms with Gasteiger partial charge < -0.3 is 10.1 Å². The molecular weight excluding hydrogens is 340 g/mol. The maximum Gasteiger partial charge on any atom is 0.337 e. The van der Waals surface area contributed by atoms with E-state index in [1.165, 1.54) is 19.2 Å². The number of halogens is 2. The van der Waals surface area contributed by atoms with Crippen molar-refractivity contribution in [2.75, 3.05) is 12.4 Å². The molecule has 0 radical (unpaired) electrons. The van der Waals surface area contributed by atoms with Crippen molar-refractivity contribution in [1.29, 1.82) is 0 Å². The van der Waals surface area contributed by atoms with Crippen LogP contribution >= 0.6 is 0 Å². The number of hydrogen-bond donors (Lipinski definition) is 1. The number of imidazole rings is 1. The third-order valence-electron chi connectivity index (χ3n) is 4.44. The van der Waals surface area contributed by atoms with E-state index in [1.807, 2.05) is 24.3 Å².